The SMILES string of the molecule is COc1cccc(Nc2nnc(SCC(=O)NCc3ccc(S(N)(=O)=O)cc3)s2)c1. The van der Waals surface area contributed by atoms with E-state index in [1.54, 1.807) is 19.2 Å². The van der Waals surface area contributed by atoms with Gasteiger partial charge < -0.3 is 15.4 Å². The van der Waals surface area contributed by atoms with Crippen LogP contribution in [0.2, 0.25) is 0 Å². The second kappa shape index (κ2) is 9.89. The molecule has 2 aromatic carbocycles. The van der Waals surface area contributed by atoms with Gasteiger partial charge in [0, 0.05) is 18.3 Å². The molecule has 1 amide bonds. The van der Waals surface area contributed by atoms with Crippen LogP contribution >= 0.6 is 23.1 Å². The molecule has 12 heteroatoms. The summed E-state index contributed by atoms with van der Waals surface area (Å²) in [6, 6.07) is 13.5. The molecule has 1 aromatic heterocycles. The van der Waals surface area contributed by atoms with E-state index < -0.39 is 10.0 Å². The van der Waals surface area contributed by atoms with Crippen molar-refractivity contribution in [2.75, 3.05) is 18.2 Å². The minimum absolute atomic E-state index is 0.0303. The third-order valence-corrected chi connectivity index (χ3v) is 6.70. The van der Waals surface area contributed by atoms with E-state index in [9.17, 15) is 13.2 Å². The average Bonchev–Trinajstić information content (AvgIpc) is 3.17. The van der Waals surface area contributed by atoms with Gasteiger partial charge in [0.05, 0.1) is 17.8 Å². The van der Waals surface area contributed by atoms with E-state index in [2.05, 4.69) is 20.8 Å². The van der Waals surface area contributed by atoms with Crippen molar-refractivity contribution in [2.24, 2.45) is 5.14 Å². The first-order valence-corrected chi connectivity index (χ1v) is 11.9. The second-order valence-corrected chi connectivity index (χ2v) is 9.75. The number of nitrogens with zero attached hydrogens (tertiary/aromatic N) is 2. The summed E-state index contributed by atoms with van der Waals surface area (Å²) in [6.45, 7) is 0.281. The lowest BCUT2D eigenvalue weighted by Gasteiger charge is -2.05. The van der Waals surface area contributed by atoms with Gasteiger partial charge >= 0.3 is 0 Å². The lowest BCUT2D eigenvalue weighted by Crippen LogP contribution is -2.24. The van der Waals surface area contributed by atoms with E-state index in [4.69, 9.17) is 9.88 Å². The number of anilines is 2. The van der Waals surface area contributed by atoms with Gasteiger partial charge in [0.15, 0.2) is 4.34 Å². The molecule has 0 saturated heterocycles. The normalized spacial score (nSPS) is 11.1. The van der Waals surface area contributed by atoms with E-state index in [1.807, 2.05) is 24.3 Å². The molecule has 0 aliphatic carbocycles. The zero-order valence-corrected chi connectivity index (χ0v) is 18.3. The molecular formula is C18H19N5O4S3. The largest absolute Gasteiger partial charge is 0.497 e. The summed E-state index contributed by atoms with van der Waals surface area (Å²) in [7, 11) is -2.12. The maximum atomic E-state index is 12.1. The molecule has 0 fully saturated rings. The summed E-state index contributed by atoms with van der Waals surface area (Å²) < 4.78 is 28.3. The highest BCUT2D eigenvalue weighted by atomic mass is 32.2. The Morgan fingerprint density at radius 3 is 2.67 bits per heavy atom. The van der Waals surface area contributed by atoms with Crippen LogP contribution in [0, 0.1) is 0 Å². The molecule has 0 unspecified atom stereocenters. The first kappa shape index (κ1) is 22.0. The molecular weight excluding hydrogens is 446 g/mol. The Hall–Kier alpha value is -2.67. The van der Waals surface area contributed by atoms with Crippen LogP contribution in [0.1, 0.15) is 5.56 Å². The van der Waals surface area contributed by atoms with Crippen LogP contribution in [0.15, 0.2) is 57.8 Å². The second-order valence-electron chi connectivity index (χ2n) is 5.98. The highest BCUT2D eigenvalue weighted by Crippen LogP contribution is 2.28. The molecule has 0 spiro atoms. The highest BCUT2D eigenvalue weighted by molar-refractivity contribution is 8.01. The van der Waals surface area contributed by atoms with Crippen molar-refractivity contribution in [3.63, 3.8) is 0 Å². The lowest BCUT2D eigenvalue weighted by molar-refractivity contribution is -0.118. The Morgan fingerprint density at radius 2 is 1.97 bits per heavy atom. The molecule has 0 atom stereocenters. The molecule has 0 aliphatic heterocycles. The van der Waals surface area contributed by atoms with E-state index in [-0.39, 0.29) is 23.1 Å². The quantitative estimate of drug-likeness (QED) is 0.410. The maximum Gasteiger partial charge on any atom is 0.238 e. The van der Waals surface area contributed by atoms with Gasteiger partial charge in [-0.05, 0) is 29.8 Å². The standard InChI is InChI=1S/C18H19N5O4S3/c1-27-14-4-2-3-13(9-14)21-17-22-23-18(29-17)28-11-16(24)20-10-12-5-7-15(8-6-12)30(19,25)26/h2-9H,10-11H2,1H3,(H,20,24)(H,21,22)(H2,19,25,26). The number of rotatable bonds is 9. The molecule has 0 radical (unpaired) electrons. The Morgan fingerprint density at radius 1 is 1.20 bits per heavy atom. The van der Waals surface area contributed by atoms with Crippen molar-refractivity contribution >= 4 is 49.8 Å². The van der Waals surface area contributed by atoms with Gasteiger partial charge in [-0.15, -0.1) is 10.2 Å². The van der Waals surface area contributed by atoms with Crippen molar-refractivity contribution in [3.05, 3.63) is 54.1 Å². The highest BCUT2D eigenvalue weighted by Gasteiger charge is 2.10. The van der Waals surface area contributed by atoms with Gasteiger partial charge in [0.25, 0.3) is 0 Å². The van der Waals surface area contributed by atoms with Gasteiger partial charge in [0.1, 0.15) is 5.75 Å². The number of benzene rings is 2. The zero-order chi connectivity index (χ0) is 21.6. The minimum atomic E-state index is -3.73. The Bertz CT molecular complexity index is 1120. The van der Waals surface area contributed by atoms with E-state index in [1.165, 1.54) is 35.2 Å². The third-order valence-electron chi connectivity index (χ3n) is 3.80. The van der Waals surface area contributed by atoms with Crippen molar-refractivity contribution in [3.8, 4) is 5.75 Å². The van der Waals surface area contributed by atoms with Gasteiger partial charge in [-0.25, -0.2) is 13.6 Å². The van der Waals surface area contributed by atoms with Crippen molar-refractivity contribution in [1.82, 2.24) is 15.5 Å². The van der Waals surface area contributed by atoms with E-state index >= 15 is 0 Å². The molecule has 9 nitrogen and oxygen atoms in total. The number of amides is 1. The number of methoxy groups -OCH3 is 1. The average molecular weight is 466 g/mol. The molecule has 0 saturated carbocycles. The van der Waals surface area contributed by atoms with Crippen LogP contribution in [-0.2, 0) is 21.4 Å². The van der Waals surface area contributed by atoms with Crippen LogP contribution in [0.4, 0.5) is 10.8 Å². The van der Waals surface area contributed by atoms with E-state index in [0.717, 1.165) is 17.0 Å². The number of ether oxygens (including phenoxy) is 1. The van der Waals surface area contributed by atoms with Gasteiger partial charge in [-0.1, -0.05) is 41.3 Å². The number of aromatic nitrogens is 2. The summed E-state index contributed by atoms with van der Waals surface area (Å²) >= 11 is 2.62. The van der Waals surface area contributed by atoms with Crippen LogP contribution in [0.5, 0.6) is 5.75 Å². The van der Waals surface area contributed by atoms with Crippen molar-refractivity contribution in [2.45, 2.75) is 15.8 Å². The summed E-state index contributed by atoms with van der Waals surface area (Å²) in [5.41, 5.74) is 1.59. The summed E-state index contributed by atoms with van der Waals surface area (Å²) in [4.78, 5) is 12.1. The zero-order valence-electron chi connectivity index (χ0n) is 15.9. The summed E-state index contributed by atoms with van der Waals surface area (Å²) in [5, 5.41) is 19.7. The Labute approximate surface area is 182 Å². The number of thioether (sulfide) groups is 1. The monoisotopic (exact) mass is 465 g/mol. The number of carbonyl (C=O) groups is 1. The molecule has 4 N–H and O–H groups in total. The van der Waals surface area contributed by atoms with Crippen LogP contribution in [0.25, 0.3) is 0 Å². The fourth-order valence-corrected chi connectivity index (χ4v) is 4.44. The molecule has 3 aromatic rings. The fraction of sp³-hybridized carbons (Fsp3) is 0.167. The number of sulfonamides is 1. The molecule has 0 bridgehead atoms. The van der Waals surface area contributed by atoms with Crippen LogP contribution < -0.4 is 20.5 Å². The van der Waals surface area contributed by atoms with Gasteiger partial charge in [-0.2, -0.15) is 0 Å². The number of hydrogen-bond acceptors (Lipinski definition) is 9. The number of carbonyl (C=O) groups excluding carboxylic acids is 1. The van der Waals surface area contributed by atoms with Crippen LogP contribution in [0.3, 0.4) is 0 Å². The molecule has 158 valence electrons. The number of primary sulfonamides is 1. The first-order valence-electron chi connectivity index (χ1n) is 8.59. The topological polar surface area (TPSA) is 136 Å². The van der Waals surface area contributed by atoms with Crippen molar-refractivity contribution in [1.29, 1.82) is 0 Å². The predicted molar refractivity (Wildman–Crippen MR) is 117 cm³/mol. The predicted octanol–water partition coefficient (Wildman–Crippen LogP) is 2.35. The number of hydrogen-bond donors (Lipinski definition) is 3. The Kier molecular flexibility index (Phi) is 7.26. The summed E-state index contributed by atoms with van der Waals surface area (Å²) in [6.07, 6.45) is 0. The lowest BCUT2D eigenvalue weighted by atomic mass is 10.2. The number of nitrogens with two attached hydrogens (primary N) is 1. The molecule has 30 heavy (non-hydrogen) atoms. The molecule has 0 aliphatic rings. The molecule has 3 rings (SSSR count). The van der Waals surface area contributed by atoms with Crippen molar-refractivity contribution < 1.29 is 17.9 Å². The van der Waals surface area contributed by atoms with E-state index in [0.29, 0.717) is 9.47 Å². The third kappa shape index (κ3) is 6.42. The molecule has 1 heterocycles. The number of nitrogens with one attached hydrogen (secondary N) is 2. The Balaban J connectivity index is 1.46. The minimum Gasteiger partial charge on any atom is -0.497 e. The van der Waals surface area contributed by atoms with Crippen LogP contribution in [-0.4, -0.2) is 37.4 Å². The van der Waals surface area contributed by atoms with Gasteiger partial charge in [0.2, 0.25) is 21.1 Å². The maximum absolute atomic E-state index is 12.1. The van der Waals surface area contributed by atoms with Gasteiger partial charge in [-0.3, -0.25) is 4.79 Å². The summed E-state index contributed by atoms with van der Waals surface area (Å²) in [5.74, 6) is 0.742. The fourth-order valence-electron chi connectivity index (χ4n) is 2.32. The first-order chi connectivity index (χ1) is 14.3. The smallest absolute Gasteiger partial charge is 0.238 e.